The van der Waals surface area contributed by atoms with E-state index in [1.165, 1.54) is 0 Å². The molecule has 78 valence electrons. The smallest absolute Gasteiger partial charge is 0.151 e. The molecule has 0 aliphatic carbocycles. The molecule has 0 radical (unpaired) electrons. The summed E-state index contributed by atoms with van der Waals surface area (Å²) in [6.07, 6.45) is 1.64. The van der Waals surface area contributed by atoms with Crippen molar-refractivity contribution in [3.8, 4) is 0 Å². The zero-order chi connectivity index (χ0) is 10.4. The summed E-state index contributed by atoms with van der Waals surface area (Å²) in [6.45, 7) is 1.22. The molecule has 0 spiro atoms. The van der Waals surface area contributed by atoms with E-state index in [1.54, 1.807) is 13.3 Å². The average Bonchev–Trinajstić information content (AvgIpc) is 2.19. The molecule has 1 heterocycles. The molecule has 5 heteroatoms. The molecule has 1 rings (SSSR count). The Bertz CT molecular complexity index is 257. The fourth-order valence-electron chi connectivity index (χ4n) is 1.12. The van der Waals surface area contributed by atoms with Gasteiger partial charge in [-0.25, -0.2) is 0 Å². The highest BCUT2D eigenvalue weighted by Gasteiger charge is 2.09. The Kier molecular flexibility index (Phi) is 4.62. The van der Waals surface area contributed by atoms with Crippen LogP contribution in [0.4, 0.5) is 5.82 Å². The first-order valence-electron chi connectivity index (χ1n) is 4.36. The lowest BCUT2D eigenvalue weighted by Crippen LogP contribution is -2.29. The summed E-state index contributed by atoms with van der Waals surface area (Å²) < 4.78 is 4.95. The Morgan fingerprint density at radius 1 is 1.64 bits per heavy atom. The lowest BCUT2D eigenvalue weighted by Gasteiger charge is -2.19. The Morgan fingerprint density at radius 2 is 2.43 bits per heavy atom. The normalized spacial score (nSPS) is 12.5. The topological polar surface area (TPSA) is 38.2 Å². The summed E-state index contributed by atoms with van der Waals surface area (Å²) in [4.78, 5) is 1.95. The summed E-state index contributed by atoms with van der Waals surface area (Å²) in [5.74, 6) is 0.814. The van der Waals surface area contributed by atoms with E-state index in [2.05, 4.69) is 10.2 Å². The molecule has 1 aromatic rings. The monoisotopic (exact) mass is 215 g/mol. The van der Waals surface area contributed by atoms with Crippen molar-refractivity contribution in [3.63, 3.8) is 0 Å². The molecule has 0 N–H and O–H groups in total. The zero-order valence-electron chi connectivity index (χ0n) is 8.35. The molecule has 0 aromatic carbocycles. The number of methoxy groups -OCH3 is 1. The summed E-state index contributed by atoms with van der Waals surface area (Å²) in [5.41, 5.74) is 0. The maximum atomic E-state index is 6.01. The van der Waals surface area contributed by atoms with Crippen LogP contribution in [-0.4, -0.2) is 42.9 Å². The van der Waals surface area contributed by atoms with E-state index in [1.807, 2.05) is 24.1 Å². The molecular formula is C9H14ClN3O. The molecule has 1 unspecified atom stereocenters. The van der Waals surface area contributed by atoms with E-state index in [0.717, 1.165) is 5.82 Å². The molecular weight excluding hydrogens is 202 g/mol. The van der Waals surface area contributed by atoms with E-state index >= 15 is 0 Å². The van der Waals surface area contributed by atoms with Gasteiger partial charge >= 0.3 is 0 Å². The average molecular weight is 216 g/mol. The van der Waals surface area contributed by atoms with Gasteiger partial charge < -0.3 is 9.64 Å². The van der Waals surface area contributed by atoms with Crippen molar-refractivity contribution >= 4 is 17.4 Å². The molecule has 0 bridgehead atoms. The second-order valence-corrected chi connectivity index (χ2v) is 3.63. The number of hydrogen-bond acceptors (Lipinski definition) is 4. The van der Waals surface area contributed by atoms with Gasteiger partial charge in [-0.1, -0.05) is 0 Å². The summed E-state index contributed by atoms with van der Waals surface area (Å²) in [7, 11) is 3.56. The first kappa shape index (κ1) is 11.2. The molecule has 0 aliphatic rings. The van der Waals surface area contributed by atoms with E-state index in [4.69, 9.17) is 16.3 Å². The lowest BCUT2D eigenvalue weighted by atomic mass is 10.4. The van der Waals surface area contributed by atoms with Crippen LogP contribution in [0.25, 0.3) is 0 Å². The van der Waals surface area contributed by atoms with Gasteiger partial charge in [0.2, 0.25) is 0 Å². The van der Waals surface area contributed by atoms with E-state index < -0.39 is 0 Å². The van der Waals surface area contributed by atoms with Crippen LogP contribution < -0.4 is 4.90 Å². The van der Waals surface area contributed by atoms with Gasteiger partial charge in [0, 0.05) is 26.9 Å². The van der Waals surface area contributed by atoms with Crippen molar-refractivity contribution in [2.45, 2.75) is 5.38 Å². The molecule has 1 aromatic heterocycles. The Balaban J connectivity index is 2.46. The number of hydrogen-bond donors (Lipinski definition) is 0. The highest BCUT2D eigenvalue weighted by Crippen LogP contribution is 2.08. The van der Waals surface area contributed by atoms with E-state index in [0.29, 0.717) is 13.2 Å². The third-order valence-corrected chi connectivity index (χ3v) is 2.03. The maximum absolute atomic E-state index is 6.01. The quantitative estimate of drug-likeness (QED) is 0.692. The minimum atomic E-state index is -0.0352. The third kappa shape index (κ3) is 3.47. The van der Waals surface area contributed by atoms with Crippen molar-refractivity contribution in [3.05, 3.63) is 18.3 Å². The van der Waals surface area contributed by atoms with E-state index in [9.17, 15) is 0 Å². The number of aromatic nitrogens is 2. The SMILES string of the molecule is COCC(Cl)CN(C)c1cccnn1. The van der Waals surface area contributed by atoms with Crippen LogP contribution in [0, 0.1) is 0 Å². The molecule has 0 fully saturated rings. The zero-order valence-corrected chi connectivity index (χ0v) is 9.11. The number of halogens is 1. The van der Waals surface area contributed by atoms with Gasteiger partial charge in [0.25, 0.3) is 0 Å². The van der Waals surface area contributed by atoms with Gasteiger partial charge in [0.15, 0.2) is 5.82 Å². The summed E-state index contributed by atoms with van der Waals surface area (Å²) >= 11 is 6.01. The molecule has 0 saturated heterocycles. The fourth-order valence-corrected chi connectivity index (χ4v) is 1.45. The Hall–Kier alpha value is -0.870. The summed E-state index contributed by atoms with van der Waals surface area (Å²) in [6, 6.07) is 3.74. The highest BCUT2D eigenvalue weighted by atomic mass is 35.5. The largest absolute Gasteiger partial charge is 0.383 e. The second kappa shape index (κ2) is 5.78. The van der Waals surface area contributed by atoms with Gasteiger partial charge in [-0.15, -0.1) is 16.7 Å². The van der Waals surface area contributed by atoms with Crippen molar-refractivity contribution in [1.82, 2.24) is 10.2 Å². The fraction of sp³-hybridized carbons (Fsp3) is 0.556. The predicted octanol–water partition coefficient (Wildman–Crippen LogP) is 1.17. The van der Waals surface area contributed by atoms with Crippen LogP contribution in [0.1, 0.15) is 0 Å². The minimum Gasteiger partial charge on any atom is -0.383 e. The third-order valence-electron chi connectivity index (χ3n) is 1.77. The van der Waals surface area contributed by atoms with Gasteiger partial charge in [0.1, 0.15) is 0 Å². The van der Waals surface area contributed by atoms with Crippen LogP contribution in [0.2, 0.25) is 0 Å². The highest BCUT2D eigenvalue weighted by molar-refractivity contribution is 6.21. The first-order chi connectivity index (χ1) is 6.74. The van der Waals surface area contributed by atoms with Crippen molar-refractivity contribution in [2.75, 3.05) is 32.2 Å². The number of alkyl halides is 1. The lowest BCUT2D eigenvalue weighted by molar-refractivity contribution is 0.199. The van der Waals surface area contributed by atoms with Crippen molar-refractivity contribution in [2.24, 2.45) is 0 Å². The van der Waals surface area contributed by atoms with Crippen LogP contribution in [-0.2, 0) is 4.74 Å². The van der Waals surface area contributed by atoms with Crippen molar-refractivity contribution in [1.29, 1.82) is 0 Å². The van der Waals surface area contributed by atoms with Crippen molar-refractivity contribution < 1.29 is 4.74 Å². The van der Waals surface area contributed by atoms with Gasteiger partial charge in [-0.2, -0.15) is 5.10 Å². The molecule has 14 heavy (non-hydrogen) atoms. The number of anilines is 1. The number of ether oxygens (including phenoxy) is 1. The molecule has 1 atom stereocenters. The minimum absolute atomic E-state index is 0.0352. The molecule has 0 amide bonds. The van der Waals surface area contributed by atoms with Crippen LogP contribution in [0.15, 0.2) is 18.3 Å². The van der Waals surface area contributed by atoms with Crippen LogP contribution in [0.5, 0.6) is 0 Å². The molecule has 0 aliphatic heterocycles. The Labute approximate surface area is 88.8 Å². The summed E-state index contributed by atoms with van der Waals surface area (Å²) in [5, 5.41) is 7.73. The van der Waals surface area contributed by atoms with Crippen LogP contribution >= 0.6 is 11.6 Å². The van der Waals surface area contributed by atoms with Gasteiger partial charge in [0.05, 0.1) is 12.0 Å². The number of rotatable bonds is 5. The Morgan fingerprint density at radius 3 is 3.00 bits per heavy atom. The predicted molar refractivity (Wildman–Crippen MR) is 56.8 cm³/mol. The van der Waals surface area contributed by atoms with Gasteiger partial charge in [-0.05, 0) is 12.1 Å². The molecule has 0 saturated carbocycles. The molecule has 4 nitrogen and oxygen atoms in total. The standard InChI is InChI=1S/C9H14ClN3O/c1-13(6-8(10)7-14-2)9-4-3-5-11-12-9/h3-5,8H,6-7H2,1-2H3. The second-order valence-electron chi connectivity index (χ2n) is 3.02. The van der Waals surface area contributed by atoms with Gasteiger partial charge in [-0.3, -0.25) is 0 Å². The first-order valence-corrected chi connectivity index (χ1v) is 4.79. The van der Waals surface area contributed by atoms with Crippen LogP contribution in [0.3, 0.4) is 0 Å². The number of nitrogens with zero attached hydrogens (tertiary/aromatic N) is 3. The maximum Gasteiger partial charge on any atom is 0.151 e. The van der Waals surface area contributed by atoms with E-state index in [-0.39, 0.29) is 5.38 Å².